The smallest absolute Gasteiger partial charge is 0.395 e. The molecular weight excluding hydrogens is 539 g/mol. The van der Waals surface area contributed by atoms with Crippen LogP contribution in [-0.2, 0) is 26.2 Å². The lowest BCUT2D eigenvalue weighted by Crippen LogP contribution is -2.34. The molecule has 5 heteroatoms. The summed E-state index contributed by atoms with van der Waals surface area (Å²) in [6.07, 6.45) is 8.81. The van der Waals surface area contributed by atoms with E-state index in [1.165, 1.54) is 11.1 Å². The highest BCUT2D eigenvalue weighted by Gasteiger charge is 2.48. The van der Waals surface area contributed by atoms with Gasteiger partial charge in [-0.3, -0.25) is 4.89 Å². The van der Waals surface area contributed by atoms with Crippen LogP contribution < -0.4 is 9.05 Å². The molecule has 1 aliphatic carbocycles. The van der Waals surface area contributed by atoms with Crippen molar-refractivity contribution in [1.82, 2.24) is 0 Å². The highest BCUT2D eigenvalue weighted by molar-refractivity contribution is 7.48. The predicted octanol–water partition coefficient (Wildman–Crippen LogP) is 10.6. The SMILES string of the molecule is CC1C=CC=CC1(C)C1c2cc(C(C)(C)C)cc(C(C)(C)C)c2OP(=O)(O)Oc2c1cc(C(C)(C)C)cc2C(C)(C)C. The molecule has 2 aliphatic rings. The average Bonchev–Trinajstić information content (AvgIpc) is 2.78. The summed E-state index contributed by atoms with van der Waals surface area (Å²) in [7, 11) is -4.56. The minimum absolute atomic E-state index is 0.150. The third-order valence-electron chi connectivity index (χ3n) is 9.19. The van der Waals surface area contributed by atoms with Crippen LogP contribution in [0.5, 0.6) is 11.5 Å². The Bertz CT molecular complexity index is 1390. The Labute approximate surface area is 255 Å². The molecule has 2 unspecified atom stereocenters. The van der Waals surface area contributed by atoms with Crippen molar-refractivity contribution in [2.24, 2.45) is 11.3 Å². The lowest BCUT2D eigenvalue weighted by atomic mass is 9.60. The molecule has 0 saturated heterocycles. The van der Waals surface area contributed by atoms with E-state index in [9.17, 15) is 9.46 Å². The molecule has 0 amide bonds. The van der Waals surface area contributed by atoms with Crippen molar-refractivity contribution in [3.63, 3.8) is 0 Å². The maximum absolute atomic E-state index is 14.0. The van der Waals surface area contributed by atoms with Crippen LogP contribution in [0.15, 0.2) is 48.6 Å². The zero-order valence-electron chi connectivity index (χ0n) is 28.4. The summed E-state index contributed by atoms with van der Waals surface area (Å²) in [5.74, 6) is 0.894. The zero-order chi connectivity index (χ0) is 31.8. The number of benzene rings is 2. The van der Waals surface area contributed by atoms with Gasteiger partial charge >= 0.3 is 7.82 Å². The molecule has 4 nitrogen and oxygen atoms in total. The van der Waals surface area contributed by atoms with E-state index in [1.54, 1.807) is 0 Å². The Balaban J connectivity index is 2.31. The van der Waals surface area contributed by atoms with Crippen LogP contribution in [-0.4, -0.2) is 4.89 Å². The summed E-state index contributed by atoms with van der Waals surface area (Å²) < 4.78 is 26.4. The van der Waals surface area contributed by atoms with E-state index >= 15 is 0 Å². The molecule has 42 heavy (non-hydrogen) atoms. The third-order valence-corrected chi connectivity index (χ3v) is 10.0. The molecule has 4 rings (SSSR count). The Morgan fingerprint density at radius 3 is 1.43 bits per heavy atom. The van der Waals surface area contributed by atoms with E-state index in [4.69, 9.17) is 9.05 Å². The summed E-state index contributed by atoms with van der Waals surface area (Å²) >= 11 is 0. The third kappa shape index (κ3) is 6.04. The van der Waals surface area contributed by atoms with Crippen molar-refractivity contribution in [2.75, 3.05) is 0 Å². The predicted molar refractivity (Wildman–Crippen MR) is 176 cm³/mol. The Morgan fingerprint density at radius 1 is 0.690 bits per heavy atom. The second kappa shape index (κ2) is 10.1. The zero-order valence-corrected chi connectivity index (χ0v) is 29.3. The first kappa shape index (κ1) is 32.6. The summed E-state index contributed by atoms with van der Waals surface area (Å²) in [5.41, 5.74) is 4.66. The number of allylic oxidation sites excluding steroid dienone is 4. The van der Waals surface area contributed by atoms with Gasteiger partial charge in [-0.05, 0) is 38.7 Å². The Morgan fingerprint density at radius 2 is 1.10 bits per heavy atom. The first-order valence-electron chi connectivity index (χ1n) is 15.3. The molecule has 0 fully saturated rings. The van der Waals surface area contributed by atoms with Crippen molar-refractivity contribution < 1.29 is 18.5 Å². The normalized spacial score (nSPS) is 26.5. The molecule has 1 aliphatic heterocycles. The van der Waals surface area contributed by atoms with Gasteiger partial charge in [-0.2, -0.15) is 0 Å². The molecule has 2 aromatic rings. The molecule has 0 aromatic heterocycles. The summed E-state index contributed by atoms with van der Waals surface area (Å²) in [5, 5.41) is 0. The van der Waals surface area contributed by atoms with Crippen molar-refractivity contribution in [3.8, 4) is 11.5 Å². The molecule has 230 valence electrons. The summed E-state index contributed by atoms with van der Waals surface area (Å²) in [4.78, 5) is 11.4. The van der Waals surface area contributed by atoms with Gasteiger partial charge in [0.1, 0.15) is 11.5 Å². The second-order valence-corrected chi connectivity index (χ2v) is 18.2. The second-order valence-electron chi connectivity index (χ2n) is 16.9. The van der Waals surface area contributed by atoms with E-state index in [2.05, 4.69) is 146 Å². The fourth-order valence-corrected chi connectivity index (χ4v) is 7.12. The van der Waals surface area contributed by atoms with Crippen molar-refractivity contribution in [1.29, 1.82) is 0 Å². The molecule has 0 radical (unpaired) electrons. The van der Waals surface area contributed by atoms with E-state index in [0.29, 0.717) is 11.5 Å². The Kier molecular flexibility index (Phi) is 7.87. The van der Waals surface area contributed by atoms with E-state index in [1.807, 2.05) is 0 Å². The topological polar surface area (TPSA) is 55.8 Å². The molecule has 2 aromatic carbocycles. The maximum atomic E-state index is 14.0. The minimum Gasteiger partial charge on any atom is -0.395 e. The number of rotatable bonds is 1. The highest BCUT2D eigenvalue weighted by atomic mass is 31.2. The first-order valence-corrected chi connectivity index (χ1v) is 16.8. The highest BCUT2D eigenvalue weighted by Crippen LogP contribution is 2.62. The van der Waals surface area contributed by atoms with Gasteiger partial charge in [0.05, 0.1) is 0 Å². The van der Waals surface area contributed by atoms with Gasteiger partial charge in [0, 0.05) is 33.6 Å². The number of phosphoric ester groups is 1. The van der Waals surface area contributed by atoms with Gasteiger partial charge in [0.2, 0.25) is 0 Å². The quantitative estimate of drug-likeness (QED) is 0.335. The van der Waals surface area contributed by atoms with Crippen LogP contribution in [0, 0.1) is 11.3 Å². The number of hydrogen-bond donors (Lipinski definition) is 1. The maximum Gasteiger partial charge on any atom is 0.584 e. The molecule has 2 atom stereocenters. The minimum atomic E-state index is -4.56. The van der Waals surface area contributed by atoms with Crippen LogP contribution in [0.3, 0.4) is 0 Å². The van der Waals surface area contributed by atoms with Gasteiger partial charge in [-0.1, -0.05) is 146 Å². The number of hydrogen-bond acceptors (Lipinski definition) is 3. The molecule has 0 saturated carbocycles. The lowest BCUT2D eigenvalue weighted by molar-refractivity contribution is 0.250. The molecule has 1 heterocycles. The summed E-state index contributed by atoms with van der Waals surface area (Å²) in [6.45, 7) is 30.7. The van der Waals surface area contributed by atoms with Crippen LogP contribution >= 0.6 is 7.82 Å². The summed E-state index contributed by atoms with van der Waals surface area (Å²) in [6, 6.07) is 8.78. The monoisotopic (exact) mass is 592 g/mol. The largest absolute Gasteiger partial charge is 0.584 e. The number of fused-ring (bicyclic) bond motifs is 2. The van der Waals surface area contributed by atoms with E-state index < -0.39 is 7.82 Å². The van der Waals surface area contributed by atoms with Gasteiger partial charge in [-0.15, -0.1) is 0 Å². The average molecular weight is 593 g/mol. The molecule has 0 bridgehead atoms. The fourth-order valence-electron chi connectivity index (χ4n) is 6.21. The Hall–Kier alpha value is -2.29. The van der Waals surface area contributed by atoms with Crippen LogP contribution in [0.2, 0.25) is 0 Å². The fraction of sp³-hybridized carbons (Fsp3) is 0.568. The van der Waals surface area contributed by atoms with Crippen molar-refractivity contribution in [3.05, 3.63) is 82.0 Å². The van der Waals surface area contributed by atoms with Gasteiger partial charge < -0.3 is 9.05 Å². The van der Waals surface area contributed by atoms with Gasteiger partial charge in [0.25, 0.3) is 0 Å². The first-order chi connectivity index (χ1) is 18.9. The van der Waals surface area contributed by atoms with Crippen molar-refractivity contribution in [2.45, 2.75) is 125 Å². The van der Waals surface area contributed by atoms with Gasteiger partial charge in [0.15, 0.2) is 0 Å². The molecular formula is C37H53O4P. The molecule has 1 N–H and O–H groups in total. The van der Waals surface area contributed by atoms with E-state index in [-0.39, 0.29) is 38.9 Å². The molecule has 0 spiro atoms. The van der Waals surface area contributed by atoms with Gasteiger partial charge in [-0.25, -0.2) is 4.57 Å². The van der Waals surface area contributed by atoms with Crippen LogP contribution in [0.25, 0.3) is 0 Å². The standard InChI is InChI=1S/C37H53O4P/c1-23-17-15-16-18-37(23,14)30-26-19-24(33(2,3)4)21-28(35(8,9)10)31(26)40-42(38,39)41-32-27(30)20-25(34(5,6)7)22-29(32)36(11,12)13/h15-23,30H,1-14H3,(H,38,39). The number of phosphoric acid groups is 1. The van der Waals surface area contributed by atoms with Crippen LogP contribution in [0.1, 0.15) is 136 Å². The van der Waals surface area contributed by atoms with E-state index in [0.717, 1.165) is 22.3 Å². The van der Waals surface area contributed by atoms with Crippen molar-refractivity contribution >= 4 is 7.82 Å². The lowest BCUT2D eigenvalue weighted by Gasteiger charge is -2.45. The van der Waals surface area contributed by atoms with Crippen LogP contribution in [0.4, 0.5) is 0 Å².